The molecule has 0 radical (unpaired) electrons. The predicted molar refractivity (Wildman–Crippen MR) is 116 cm³/mol. The quantitative estimate of drug-likeness (QED) is 0.430. The number of halogens is 1. The number of carbonyl (C=O) groups is 2. The van der Waals surface area contributed by atoms with Crippen LogP contribution in [-0.2, 0) is 11.8 Å². The zero-order valence-electron chi connectivity index (χ0n) is 16.2. The van der Waals surface area contributed by atoms with Crippen molar-refractivity contribution in [3.63, 3.8) is 0 Å². The minimum Gasteiger partial charge on any atom is -0.465 e. The van der Waals surface area contributed by atoms with Crippen LogP contribution in [0.15, 0.2) is 48.7 Å². The molecular formula is C20H19ClN6O3. The molecule has 0 aliphatic rings. The van der Waals surface area contributed by atoms with Crippen LogP contribution in [0.3, 0.4) is 0 Å². The van der Waals surface area contributed by atoms with Crippen molar-refractivity contribution in [3.05, 3.63) is 60.0 Å². The van der Waals surface area contributed by atoms with Crippen LogP contribution in [-0.4, -0.2) is 38.5 Å². The maximum absolute atomic E-state index is 12.3. The monoisotopic (exact) mass is 426 g/mol. The van der Waals surface area contributed by atoms with Crippen LogP contribution < -0.4 is 11.1 Å². The van der Waals surface area contributed by atoms with Crippen LogP contribution in [0.2, 0.25) is 0 Å². The molecule has 0 fully saturated rings. The summed E-state index contributed by atoms with van der Waals surface area (Å²) in [5, 5.41) is 2.78. The van der Waals surface area contributed by atoms with Gasteiger partial charge in [0.05, 0.1) is 23.7 Å². The molecule has 0 unspecified atom stereocenters. The third-order valence-electron chi connectivity index (χ3n) is 4.42. The lowest BCUT2D eigenvalue weighted by atomic mass is 10.2. The molecule has 10 heteroatoms. The first-order chi connectivity index (χ1) is 13.9. The number of H-pyrrole nitrogens is 1. The molecule has 2 aromatic carbocycles. The Morgan fingerprint density at radius 2 is 1.87 bits per heavy atom. The Labute approximate surface area is 177 Å². The highest BCUT2D eigenvalue weighted by Crippen LogP contribution is 2.23. The van der Waals surface area contributed by atoms with E-state index in [4.69, 9.17) is 10.5 Å². The normalized spacial score (nSPS) is 10.5. The Bertz CT molecular complexity index is 1230. The van der Waals surface area contributed by atoms with Crippen LogP contribution >= 0.6 is 12.4 Å². The number of aromatic nitrogens is 4. The summed E-state index contributed by atoms with van der Waals surface area (Å²) in [4.78, 5) is 35.7. The molecule has 4 rings (SSSR count). The van der Waals surface area contributed by atoms with Gasteiger partial charge in [0.25, 0.3) is 5.91 Å². The number of aryl methyl sites for hydroxylation is 1. The molecule has 0 atom stereocenters. The smallest absolute Gasteiger partial charge is 0.337 e. The average molecular weight is 427 g/mol. The number of rotatable bonds is 4. The first-order valence-electron chi connectivity index (χ1n) is 8.73. The van der Waals surface area contributed by atoms with Gasteiger partial charge in [-0.3, -0.25) is 4.79 Å². The number of nitrogens with two attached hydrogens (primary N) is 1. The molecule has 0 aliphatic carbocycles. The molecule has 1 amide bonds. The Morgan fingerprint density at radius 3 is 2.50 bits per heavy atom. The SMILES string of the molecule is COC(=O)c1ccc2nc(-c3ccc(NC(=O)c4nc(N)cn4C)cc3)[nH]c2c1.Cl. The first-order valence-corrected chi connectivity index (χ1v) is 8.73. The van der Waals surface area contributed by atoms with E-state index in [0.717, 1.165) is 16.6 Å². The van der Waals surface area contributed by atoms with Crippen LogP contribution in [0.5, 0.6) is 0 Å². The zero-order valence-corrected chi connectivity index (χ0v) is 17.0. The van der Waals surface area contributed by atoms with E-state index < -0.39 is 5.97 Å². The van der Waals surface area contributed by atoms with Crippen molar-refractivity contribution in [1.29, 1.82) is 0 Å². The van der Waals surface area contributed by atoms with Crippen molar-refractivity contribution >= 4 is 46.8 Å². The van der Waals surface area contributed by atoms with E-state index >= 15 is 0 Å². The maximum Gasteiger partial charge on any atom is 0.337 e. The number of aromatic amines is 1. The summed E-state index contributed by atoms with van der Waals surface area (Å²) in [7, 11) is 3.04. The van der Waals surface area contributed by atoms with Gasteiger partial charge in [0.2, 0.25) is 5.82 Å². The molecule has 2 heterocycles. The fourth-order valence-electron chi connectivity index (χ4n) is 2.99. The molecular weight excluding hydrogens is 408 g/mol. The van der Waals surface area contributed by atoms with Crippen molar-refractivity contribution in [3.8, 4) is 11.4 Å². The molecule has 0 spiro atoms. The number of amides is 1. The van der Waals surface area contributed by atoms with Gasteiger partial charge in [-0.1, -0.05) is 0 Å². The summed E-state index contributed by atoms with van der Waals surface area (Å²) in [6.45, 7) is 0. The Hall–Kier alpha value is -3.85. The third-order valence-corrected chi connectivity index (χ3v) is 4.42. The van der Waals surface area contributed by atoms with Gasteiger partial charge in [0.1, 0.15) is 11.6 Å². The van der Waals surface area contributed by atoms with Crippen molar-refractivity contribution in [2.45, 2.75) is 0 Å². The van der Waals surface area contributed by atoms with Crippen LogP contribution in [0.1, 0.15) is 21.0 Å². The lowest BCUT2D eigenvalue weighted by Crippen LogP contribution is -2.16. The van der Waals surface area contributed by atoms with Gasteiger partial charge in [0, 0.05) is 24.5 Å². The number of benzene rings is 2. The molecule has 0 bridgehead atoms. The predicted octanol–water partition coefficient (Wildman–Crippen LogP) is 3.01. The van der Waals surface area contributed by atoms with Gasteiger partial charge < -0.3 is 25.3 Å². The van der Waals surface area contributed by atoms with Crippen LogP contribution in [0, 0.1) is 0 Å². The fourth-order valence-corrected chi connectivity index (χ4v) is 2.99. The van der Waals surface area contributed by atoms with E-state index in [1.165, 1.54) is 7.11 Å². The molecule has 9 nitrogen and oxygen atoms in total. The summed E-state index contributed by atoms with van der Waals surface area (Å²) >= 11 is 0. The molecule has 4 N–H and O–H groups in total. The number of hydrogen-bond donors (Lipinski definition) is 3. The number of carbonyl (C=O) groups excluding carboxylic acids is 2. The van der Waals surface area contributed by atoms with Crippen LogP contribution in [0.25, 0.3) is 22.4 Å². The summed E-state index contributed by atoms with van der Waals surface area (Å²) in [5.74, 6) is 0.406. The van der Waals surface area contributed by atoms with Crippen molar-refractivity contribution in [2.75, 3.05) is 18.2 Å². The number of nitrogens with one attached hydrogen (secondary N) is 2. The van der Waals surface area contributed by atoms with Gasteiger partial charge in [0.15, 0.2) is 0 Å². The lowest BCUT2D eigenvalue weighted by molar-refractivity contribution is 0.0600. The number of esters is 1. The maximum atomic E-state index is 12.3. The first kappa shape index (κ1) is 20.9. The van der Waals surface area contributed by atoms with Gasteiger partial charge in [-0.15, -0.1) is 12.4 Å². The molecule has 0 saturated carbocycles. The Kier molecular flexibility index (Phi) is 5.74. The number of hydrogen-bond acceptors (Lipinski definition) is 6. The van der Waals surface area contributed by atoms with E-state index in [1.54, 1.807) is 48.1 Å². The number of imidazole rings is 2. The number of nitrogen functional groups attached to an aromatic ring is 1. The van der Waals surface area contributed by atoms with Crippen molar-refractivity contribution < 1.29 is 14.3 Å². The van der Waals surface area contributed by atoms with E-state index in [-0.39, 0.29) is 30.0 Å². The molecule has 30 heavy (non-hydrogen) atoms. The second-order valence-corrected chi connectivity index (χ2v) is 6.44. The van der Waals surface area contributed by atoms with Crippen LogP contribution in [0.4, 0.5) is 11.5 Å². The van der Waals surface area contributed by atoms with Crippen molar-refractivity contribution in [2.24, 2.45) is 7.05 Å². The highest BCUT2D eigenvalue weighted by Gasteiger charge is 2.14. The standard InChI is InChI=1S/C20H18N6O3.ClH/c1-26-10-16(21)25-18(26)19(27)22-13-6-3-11(4-7-13)17-23-14-8-5-12(20(28)29-2)9-15(14)24-17;/h3-10H,21H2,1-2H3,(H,22,27)(H,23,24);1H. The number of anilines is 2. The second kappa shape index (κ2) is 8.26. The average Bonchev–Trinajstić information content (AvgIpc) is 3.29. The molecule has 154 valence electrons. The van der Waals surface area contributed by atoms with Gasteiger partial charge in [-0.05, 0) is 42.5 Å². The van der Waals surface area contributed by atoms with Gasteiger partial charge in [-0.25, -0.2) is 14.8 Å². The second-order valence-electron chi connectivity index (χ2n) is 6.44. The van der Waals surface area contributed by atoms with E-state index in [2.05, 4.69) is 20.3 Å². The number of methoxy groups -OCH3 is 1. The summed E-state index contributed by atoms with van der Waals surface area (Å²) in [6.07, 6.45) is 1.57. The highest BCUT2D eigenvalue weighted by atomic mass is 35.5. The summed E-state index contributed by atoms with van der Waals surface area (Å²) < 4.78 is 6.31. The highest BCUT2D eigenvalue weighted by molar-refractivity contribution is 6.02. The summed E-state index contributed by atoms with van der Waals surface area (Å²) in [6, 6.07) is 12.3. The Morgan fingerprint density at radius 1 is 1.13 bits per heavy atom. The summed E-state index contributed by atoms with van der Waals surface area (Å²) in [5.41, 5.74) is 8.97. The minimum absolute atomic E-state index is 0. The molecule has 0 aliphatic heterocycles. The minimum atomic E-state index is -0.405. The third kappa shape index (κ3) is 3.96. The number of nitrogens with zero attached hydrogens (tertiary/aromatic N) is 3. The lowest BCUT2D eigenvalue weighted by Gasteiger charge is -2.05. The van der Waals surface area contributed by atoms with Gasteiger partial charge >= 0.3 is 5.97 Å². The molecule has 0 saturated heterocycles. The van der Waals surface area contributed by atoms with E-state index in [9.17, 15) is 9.59 Å². The van der Waals surface area contributed by atoms with Gasteiger partial charge in [-0.2, -0.15) is 0 Å². The number of ether oxygens (including phenoxy) is 1. The largest absolute Gasteiger partial charge is 0.465 e. The topological polar surface area (TPSA) is 128 Å². The fraction of sp³-hybridized carbons (Fsp3) is 0.100. The van der Waals surface area contributed by atoms with E-state index in [0.29, 0.717) is 17.1 Å². The van der Waals surface area contributed by atoms with Crippen molar-refractivity contribution in [1.82, 2.24) is 19.5 Å². The number of fused-ring (bicyclic) bond motifs is 1. The Balaban J connectivity index is 0.00000256. The molecule has 2 aromatic heterocycles. The van der Waals surface area contributed by atoms with E-state index in [1.807, 2.05) is 12.1 Å². The molecule has 4 aromatic rings. The zero-order chi connectivity index (χ0) is 20.5.